The number of aryl methyl sites for hydroxylation is 1. The SMILES string of the molecule is Cc1ccc(-c2ccc(C(F)(F)F)cc2OC2=[N+](C=N)C(=N)C=C2)cn1. The van der Waals surface area contributed by atoms with Crippen molar-refractivity contribution in [2.24, 2.45) is 0 Å². The fourth-order valence-electron chi connectivity index (χ4n) is 2.41. The highest BCUT2D eigenvalue weighted by Crippen LogP contribution is 2.37. The third-order valence-electron chi connectivity index (χ3n) is 3.76. The lowest BCUT2D eigenvalue weighted by Gasteiger charge is -2.14. The van der Waals surface area contributed by atoms with E-state index in [0.717, 1.165) is 28.7 Å². The molecule has 0 bridgehead atoms. The van der Waals surface area contributed by atoms with Crippen molar-refractivity contribution < 1.29 is 22.5 Å². The summed E-state index contributed by atoms with van der Waals surface area (Å²) in [6.07, 6.45) is 0.701. The van der Waals surface area contributed by atoms with Crippen molar-refractivity contribution in [2.45, 2.75) is 13.1 Å². The molecule has 0 spiro atoms. The van der Waals surface area contributed by atoms with Gasteiger partial charge < -0.3 is 4.74 Å². The molecule has 2 N–H and O–H groups in total. The fraction of sp³-hybridized carbons (Fsp3) is 0.111. The molecule has 0 fully saturated rings. The number of benzene rings is 1. The lowest BCUT2D eigenvalue weighted by atomic mass is 10.0. The average molecular weight is 359 g/mol. The molecule has 26 heavy (non-hydrogen) atoms. The van der Waals surface area contributed by atoms with Crippen molar-refractivity contribution in [3.63, 3.8) is 0 Å². The molecule has 0 aliphatic carbocycles. The van der Waals surface area contributed by atoms with Crippen LogP contribution >= 0.6 is 0 Å². The van der Waals surface area contributed by atoms with Gasteiger partial charge in [0.05, 0.1) is 5.56 Å². The zero-order valence-electron chi connectivity index (χ0n) is 13.6. The van der Waals surface area contributed by atoms with Crippen LogP contribution in [0.2, 0.25) is 0 Å². The van der Waals surface area contributed by atoms with Gasteiger partial charge in [-0.25, -0.2) is 0 Å². The zero-order valence-corrected chi connectivity index (χ0v) is 13.6. The van der Waals surface area contributed by atoms with E-state index >= 15 is 0 Å². The van der Waals surface area contributed by atoms with E-state index in [1.165, 1.54) is 18.2 Å². The monoisotopic (exact) mass is 359 g/mol. The number of rotatable bonds is 3. The molecule has 0 unspecified atom stereocenters. The number of amidine groups is 1. The summed E-state index contributed by atoms with van der Waals surface area (Å²) >= 11 is 0. The topological polar surface area (TPSA) is 72.8 Å². The van der Waals surface area contributed by atoms with Crippen molar-refractivity contribution in [3.8, 4) is 16.9 Å². The van der Waals surface area contributed by atoms with Crippen molar-refractivity contribution in [2.75, 3.05) is 0 Å². The number of aromatic nitrogens is 1. The molecular formula is C18H14F3N4O+. The van der Waals surface area contributed by atoms with Gasteiger partial charge in [0.1, 0.15) is 5.75 Å². The molecule has 5 nitrogen and oxygen atoms in total. The summed E-state index contributed by atoms with van der Waals surface area (Å²) in [6.45, 7) is 1.81. The van der Waals surface area contributed by atoms with Gasteiger partial charge in [0.2, 0.25) is 6.34 Å². The maximum Gasteiger partial charge on any atom is 0.416 e. The third kappa shape index (κ3) is 3.39. The Kier molecular flexibility index (Phi) is 4.41. The number of ether oxygens (including phenoxy) is 1. The van der Waals surface area contributed by atoms with Gasteiger partial charge in [-0.1, -0.05) is 6.07 Å². The molecule has 1 aromatic heterocycles. The molecule has 1 aliphatic rings. The van der Waals surface area contributed by atoms with Gasteiger partial charge in [-0.3, -0.25) is 4.98 Å². The van der Waals surface area contributed by atoms with Crippen LogP contribution in [0.3, 0.4) is 0 Å². The average Bonchev–Trinajstić information content (AvgIpc) is 2.94. The maximum absolute atomic E-state index is 13.1. The number of halogens is 3. The predicted molar refractivity (Wildman–Crippen MR) is 91.0 cm³/mol. The standard InChI is InChI=1S/C18H14F3N4O/c1-11-2-3-12(9-24-11)14-5-4-13(18(19,20)21)8-15(14)26-17-7-6-16(23)25(17)10-22/h2-10,22-23H,1H3/q+1. The summed E-state index contributed by atoms with van der Waals surface area (Å²) in [5, 5.41) is 15.0. The Morgan fingerprint density at radius 3 is 2.54 bits per heavy atom. The van der Waals surface area contributed by atoms with Crippen molar-refractivity contribution in [1.29, 1.82) is 10.8 Å². The molecule has 0 atom stereocenters. The van der Waals surface area contributed by atoms with Crippen LogP contribution in [0.25, 0.3) is 11.1 Å². The minimum absolute atomic E-state index is 0.0134. The number of pyridine rings is 1. The van der Waals surface area contributed by atoms with Crippen LogP contribution in [0.1, 0.15) is 11.3 Å². The molecule has 0 radical (unpaired) electrons. The first-order valence-electron chi connectivity index (χ1n) is 7.55. The number of nitrogens with zero attached hydrogens (tertiary/aromatic N) is 2. The van der Waals surface area contributed by atoms with Crippen LogP contribution in [0, 0.1) is 17.7 Å². The van der Waals surface area contributed by atoms with E-state index in [1.807, 2.05) is 0 Å². The highest BCUT2D eigenvalue weighted by Gasteiger charge is 2.32. The largest absolute Gasteiger partial charge is 0.428 e. The van der Waals surface area contributed by atoms with E-state index < -0.39 is 11.7 Å². The Balaban J connectivity index is 2.12. The molecule has 2 heterocycles. The summed E-state index contributed by atoms with van der Waals surface area (Å²) in [4.78, 5) is 4.16. The molecule has 8 heteroatoms. The van der Waals surface area contributed by atoms with E-state index in [1.54, 1.807) is 25.3 Å². The smallest absolute Gasteiger partial charge is 0.416 e. The van der Waals surface area contributed by atoms with E-state index in [2.05, 4.69) is 4.98 Å². The van der Waals surface area contributed by atoms with Crippen molar-refractivity contribution in [1.82, 2.24) is 4.98 Å². The predicted octanol–water partition coefficient (Wildman–Crippen LogP) is 4.02. The maximum atomic E-state index is 13.1. The normalized spacial score (nSPS) is 14.1. The minimum Gasteiger partial charge on any atom is -0.428 e. The first kappa shape index (κ1) is 17.5. The van der Waals surface area contributed by atoms with Gasteiger partial charge in [0.15, 0.2) is 0 Å². The van der Waals surface area contributed by atoms with Gasteiger partial charge in [-0.15, -0.1) is 0 Å². The molecule has 3 rings (SSSR count). The van der Waals surface area contributed by atoms with Crippen LogP contribution in [0.5, 0.6) is 5.75 Å². The van der Waals surface area contributed by atoms with Crippen LogP contribution < -0.4 is 4.74 Å². The third-order valence-corrected chi connectivity index (χ3v) is 3.76. The highest BCUT2D eigenvalue weighted by atomic mass is 19.4. The van der Waals surface area contributed by atoms with Crippen molar-refractivity contribution >= 4 is 18.1 Å². The highest BCUT2D eigenvalue weighted by molar-refractivity contribution is 6.05. The Hall–Kier alpha value is -3.29. The Labute approximate surface area is 147 Å². The second-order valence-corrected chi connectivity index (χ2v) is 5.55. The summed E-state index contributed by atoms with van der Waals surface area (Å²) < 4.78 is 46.1. The molecule has 0 saturated heterocycles. The Morgan fingerprint density at radius 1 is 1.15 bits per heavy atom. The van der Waals surface area contributed by atoms with Gasteiger partial charge in [-0.2, -0.15) is 28.6 Å². The number of nitrogens with one attached hydrogen (secondary N) is 2. The second kappa shape index (κ2) is 6.55. The summed E-state index contributed by atoms with van der Waals surface area (Å²) in [6, 6.07) is 6.69. The molecule has 132 valence electrons. The van der Waals surface area contributed by atoms with Gasteiger partial charge in [0.25, 0.3) is 11.7 Å². The van der Waals surface area contributed by atoms with E-state index in [9.17, 15) is 13.2 Å². The van der Waals surface area contributed by atoms with Crippen LogP contribution in [-0.4, -0.2) is 27.6 Å². The molecule has 2 aromatic rings. The van der Waals surface area contributed by atoms with Crippen LogP contribution in [0.15, 0.2) is 48.7 Å². The minimum atomic E-state index is -4.52. The molecular weight excluding hydrogens is 345 g/mol. The first-order valence-corrected chi connectivity index (χ1v) is 7.55. The molecule has 0 amide bonds. The van der Waals surface area contributed by atoms with Crippen LogP contribution in [-0.2, 0) is 6.18 Å². The van der Waals surface area contributed by atoms with Crippen LogP contribution in [0.4, 0.5) is 13.2 Å². The lowest BCUT2D eigenvalue weighted by Crippen LogP contribution is -2.22. The summed E-state index contributed by atoms with van der Waals surface area (Å²) in [7, 11) is 0. The summed E-state index contributed by atoms with van der Waals surface area (Å²) in [5.41, 5.74) is 0.947. The van der Waals surface area contributed by atoms with Gasteiger partial charge in [0, 0.05) is 35.2 Å². The van der Waals surface area contributed by atoms with E-state index in [-0.39, 0.29) is 17.5 Å². The van der Waals surface area contributed by atoms with Gasteiger partial charge >= 0.3 is 6.18 Å². The lowest BCUT2D eigenvalue weighted by molar-refractivity contribution is -0.265. The number of hydrogen-bond donors (Lipinski definition) is 2. The zero-order chi connectivity index (χ0) is 18.9. The Bertz CT molecular complexity index is 944. The molecule has 0 saturated carbocycles. The molecule has 1 aromatic carbocycles. The fourth-order valence-corrected chi connectivity index (χ4v) is 2.41. The van der Waals surface area contributed by atoms with E-state index in [0.29, 0.717) is 11.1 Å². The first-order chi connectivity index (χ1) is 12.3. The number of hydrogen-bond acceptors (Lipinski definition) is 4. The van der Waals surface area contributed by atoms with Gasteiger partial charge in [-0.05, 0) is 31.2 Å². The van der Waals surface area contributed by atoms with Crippen molar-refractivity contribution in [3.05, 3.63) is 59.9 Å². The quantitative estimate of drug-likeness (QED) is 0.494. The van der Waals surface area contributed by atoms with E-state index in [4.69, 9.17) is 15.6 Å². The Morgan fingerprint density at radius 2 is 1.92 bits per heavy atom. The molecule has 1 aliphatic heterocycles. The number of alkyl halides is 3. The summed E-state index contributed by atoms with van der Waals surface area (Å²) in [5.74, 6) is 0.0258. The second-order valence-electron chi connectivity index (χ2n) is 5.55.